The van der Waals surface area contributed by atoms with E-state index in [1.807, 2.05) is 6.92 Å². The van der Waals surface area contributed by atoms with E-state index >= 15 is 0 Å². The van der Waals surface area contributed by atoms with Gasteiger partial charge in [0.1, 0.15) is 12.2 Å². The third kappa shape index (κ3) is 17.8. The highest BCUT2D eigenvalue weighted by molar-refractivity contribution is 4.90. The predicted molar refractivity (Wildman–Crippen MR) is 98.4 cm³/mol. The van der Waals surface area contributed by atoms with E-state index in [-0.39, 0.29) is 26.4 Å². The number of aliphatic hydroxyl groups is 4. The molecule has 0 aromatic rings. The second-order valence-corrected chi connectivity index (χ2v) is 5.60. The van der Waals surface area contributed by atoms with Crippen molar-refractivity contribution < 1.29 is 39.4 Å². The molecule has 0 fully saturated rings. The van der Waals surface area contributed by atoms with Gasteiger partial charge in [-0.05, 0) is 19.3 Å². The first-order chi connectivity index (χ1) is 12.5. The van der Waals surface area contributed by atoms with Gasteiger partial charge in [0.25, 0.3) is 0 Å². The SMILES string of the molecule is CCCOC(C)=C(OCCC)OCCC.OCC(O)COCC(O)CO. The fraction of sp³-hybridized carbons (Fsp3) is 0.889. The van der Waals surface area contributed by atoms with Crippen molar-refractivity contribution in [3.05, 3.63) is 11.7 Å². The molecule has 0 rings (SSSR count). The van der Waals surface area contributed by atoms with Gasteiger partial charge in [-0.3, -0.25) is 0 Å². The van der Waals surface area contributed by atoms with Crippen molar-refractivity contribution in [2.45, 2.75) is 59.2 Å². The van der Waals surface area contributed by atoms with Crippen molar-refractivity contribution >= 4 is 0 Å². The van der Waals surface area contributed by atoms with Gasteiger partial charge in [-0.15, -0.1) is 0 Å². The van der Waals surface area contributed by atoms with Crippen LogP contribution in [-0.2, 0) is 18.9 Å². The summed E-state index contributed by atoms with van der Waals surface area (Å²) in [5.74, 6) is 1.30. The van der Waals surface area contributed by atoms with E-state index in [4.69, 9.17) is 39.4 Å². The minimum Gasteiger partial charge on any atom is -0.491 e. The normalized spacial score (nSPS) is 12.5. The summed E-state index contributed by atoms with van der Waals surface area (Å²) in [5.41, 5.74) is 0. The highest BCUT2D eigenvalue weighted by atomic mass is 16.7. The molecule has 0 spiro atoms. The average Bonchev–Trinajstić information content (AvgIpc) is 2.66. The van der Waals surface area contributed by atoms with E-state index in [1.165, 1.54) is 0 Å². The molecule has 2 unspecified atom stereocenters. The molecule has 8 nitrogen and oxygen atoms in total. The molecular formula is C18H38O8. The second kappa shape index (κ2) is 20.3. The Bertz CT molecular complexity index is 302. The summed E-state index contributed by atoms with van der Waals surface area (Å²) in [6, 6.07) is 0. The summed E-state index contributed by atoms with van der Waals surface area (Å²) in [5, 5.41) is 34.1. The zero-order valence-electron chi connectivity index (χ0n) is 16.6. The van der Waals surface area contributed by atoms with Gasteiger partial charge in [0.15, 0.2) is 5.76 Å². The average molecular weight is 382 g/mol. The van der Waals surface area contributed by atoms with Gasteiger partial charge in [0.2, 0.25) is 0 Å². The van der Waals surface area contributed by atoms with Crippen molar-refractivity contribution in [2.75, 3.05) is 46.2 Å². The van der Waals surface area contributed by atoms with Crippen LogP contribution in [0.25, 0.3) is 0 Å². The molecule has 0 saturated heterocycles. The van der Waals surface area contributed by atoms with Gasteiger partial charge < -0.3 is 39.4 Å². The summed E-state index contributed by atoms with van der Waals surface area (Å²) < 4.78 is 21.2. The molecule has 0 saturated carbocycles. The van der Waals surface area contributed by atoms with Crippen molar-refractivity contribution in [1.29, 1.82) is 0 Å². The fourth-order valence-corrected chi connectivity index (χ4v) is 1.39. The van der Waals surface area contributed by atoms with Crippen LogP contribution in [0, 0.1) is 0 Å². The fourth-order valence-electron chi connectivity index (χ4n) is 1.39. The zero-order valence-corrected chi connectivity index (χ0v) is 16.6. The summed E-state index contributed by atoms with van der Waals surface area (Å²) in [4.78, 5) is 0. The highest BCUT2D eigenvalue weighted by Gasteiger charge is 2.06. The molecule has 4 N–H and O–H groups in total. The van der Waals surface area contributed by atoms with Gasteiger partial charge in [0, 0.05) is 6.92 Å². The maximum absolute atomic E-state index is 8.72. The maximum Gasteiger partial charge on any atom is 0.318 e. The van der Waals surface area contributed by atoms with Crippen LogP contribution >= 0.6 is 0 Å². The third-order valence-corrected chi connectivity index (χ3v) is 2.73. The lowest BCUT2D eigenvalue weighted by Gasteiger charge is -2.14. The number of hydrogen-bond donors (Lipinski definition) is 4. The molecule has 8 heteroatoms. The molecule has 0 aliphatic rings. The summed E-state index contributed by atoms with van der Waals surface area (Å²) in [6.07, 6.45) is 1.11. The molecule has 0 heterocycles. The number of ether oxygens (including phenoxy) is 4. The molecule has 2 atom stereocenters. The molecule has 0 aliphatic carbocycles. The minimum atomic E-state index is -0.916. The van der Waals surface area contributed by atoms with E-state index in [2.05, 4.69) is 20.8 Å². The molecule has 158 valence electrons. The van der Waals surface area contributed by atoms with Crippen LogP contribution < -0.4 is 0 Å². The largest absolute Gasteiger partial charge is 0.491 e. The second-order valence-electron chi connectivity index (χ2n) is 5.60. The molecule has 26 heavy (non-hydrogen) atoms. The van der Waals surface area contributed by atoms with Gasteiger partial charge in [-0.2, -0.15) is 0 Å². The van der Waals surface area contributed by atoms with Crippen molar-refractivity contribution in [1.82, 2.24) is 0 Å². The smallest absolute Gasteiger partial charge is 0.318 e. The van der Waals surface area contributed by atoms with E-state index < -0.39 is 12.2 Å². The van der Waals surface area contributed by atoms with Crippen LogP contribution in [0.15, 0.2) is 11.7 Å². The van der Waals surface area contributed by atoms with Crippen LogP contribution in [0.5, 0.6) is 0 Å². The Morgan fingerprint density at radius 1 is 0.731 bits per heavy atom. The molecule has 0 aromatic carbocycles. The van der Waals surface area contributed by atoms with Crippen LogP contribution in [0.4, 0.5) is 0 Å². The Labute approximate surface area is 157 Å². The maximum atomic E-state index is 8.72. The Morgan fingerprint density at radius 2 is 1.12 bits per heavy atom. The Hall–Kier alpha value is -1.06. The number of rotatable bonds is 15. The molecule has 0 aromatic heterocycles. The first kappa shape index (κ1) is 27.2. The lowest BCUT2D eigenvalue weighted by Crippen LogP contribution is -2.25. The van der Waals surface area contributed by atoms with Crippen LogP contribution in [-0.4, -0.2) is 78.9 Å². The number of hydrogen-bond acceptors (Lipinski definition) is 8. The molecule has 0 amide bonds. The first-order valence-corrected chi connectivity index (χ1v) is 9.21. The number of allylic oxidation sites excluding steroid dienone is 1. The van der Waals surface area contributed by atoms with Crippen molar-refractivity contribution in [3.8, 4) is 0 Å². The van der Waals surface area contributed by atoms with E-state index in [0.29, 0.717) is 25.8 Å². The molecule has 0 radical (unpaired) electrons. The van der Waals surface area contributed by atoms with Crippen molar-refractivity contribution in [3.63, 3.8) is 0 Å². The lowest BCUT2D eigenvalue weighted by molar-refractivity contribution is -0.0364. The lowest BCUT2D eigenvalue weighted by atomic mass is 10.4. The van der Waals surface area contributed by atoms with Gasteiger partial charge in [0.05, 0.1) is 46.2 Å². The Morgan fingerprint density at radius 3 is 1.46 bits per heavy atom. The Balaban J connectivity index is 0. The Kier molecular flexibility index (Phi) is 21.2. The monoisotopic (exact) mass is 382 g/mol. The van der Waals surface area contributed by atoms with Gasteiger partial charge in [-0.1, -0.05) is 20.8 Å². The minimum absolute atomic E-state index is 0.0342. The van der Waals surface area contributed by atoms with Crippen LogP contribution in [0.2, 0.25) is 0 Å². The molecule has 0 aliphatic heterocycles. The quantitative estimate of drug-likeness (QED) is 0.312. The molecular weight excluding hydrogens is 344 g/mol. The summed E-state index contributed by atoms with van der Waals surface area (Å²) in [7, 11) is 0. The molecule has 0 bridgehead atoms. The van der Waals surface area contributed by atoms with Gasteiger partial charge >= 0.3 is 5.95 Å². The third-order valence-electron chi connectivity index (χ3n) is 2.73. The van der Waals surface area contributed by atoms with E-state index in [1.54, 1.807) is 0 Å². The summed E-state index contributed by atoms with van der Waals surface area (Å²) in [6.45, 7) is 9.35. The van der Waals surface area contributed by atoms with Crippen LogP contribution in [0.3, 0.4) is 0 Å². The summed E-state index contributed by atoms with van der Waals surface area (Å²) >= 11 is 0. The standard InChI is InChI=1S/C12H24O3.C6H14O5/c1-5-8-13-11(4)12(14-9-6-2)15-10-7-3;7-1-5(9)3-11-4-6(10)2-8/h5-10H2,1-4H3;5-10H,1-4H2. The van der Waals surface area contributed by atoms with E-state index in [9.17, 15) is 0 Å². The van der Waals surface area contributed by atoms with Crippen molar-refractivity contribution in [2.24, 2.45) is 0 Å². The van der Waals surface area contributed by atoms with Crippen LogP contribution in [0.1, 0.15) is 47.0 Å². The predicted octanol–water partition coefficient (Wildman–Crippen LogP) is 1.16. The highest BCUT2D eigenvalue weighted by Crippen LogP contribution is 2.10. The van der Waals surface area contributed by atoms with E-state index in [0.717, 1.165) is 25.0 Å². The number of aliphatic hydroxyl groups excluding tert-OH is 4. The zero-order chi connectivity index (χ0) is 20.2. The first-order valence-electron chi connectivity index (χ1n) is 9.21. The van der Waals surface area contributed by atoms with Gasteiger partial charge in [-0.25, -0.2) is 0 Å². The topological polar surface area (TPSA) is 118 Å².